The number of carbonyl (C=O) groups excluding carboxylic acids is 1. The fourth-order valence-electron chi connectivity index (χ4n) is 4.04. The van der Waals surface area contributed by atoms with Crippen LogP contribution >= 0.6 is 0 Å². The molecule has 1 aromatic heterocycles. The van der Waals surface area contributed by atoms with Gasteiger partial charge < -0.3 is 9.88 Å². The second kappa shape index (κ2) is 9.63. The second-order valence-electron chi connectivity index (χ2n) is 7.85. The average Bonchev–Trinajstić information content (AvgIpc) is 3.15. The third-order valence-electron chi connectivity index (χ3n) is 5.56. The number of para-hydroxylation sites is 1. The highest BCUT2D eigenvalue weighted by Crippen LogP contribution is 2.29. The van der Waals surface area contributed by atoms with Crippen LogP contribution in [-0.4, -0.2) is 17.0 Å². The second-order valence-corrected chi connectivity index (χ2v) is 7.85. The molecule has 1 amide bonds. The van der Waals surface area contributed by atoms with Crippen LogP contribution in [0.5, 0.6) is 0 Å². The van der Waals surface area contributed by atoms with Crippen LogP contribution < -0.4 is 10.8 Å². The first-order valence-electron chi connectivity index (χ1n) is 10.7. The van der Waals surface area contributed by atoms with Crippen LogP contribution in [0.25, 0.3) is 10.9 Å². The van der Waals surface area contributed by atoms with Gasteiger partial charge in [-0.3, -0.25) is 15.1 Å². The number of aromatic nitrogens is 1. The maximum Gasteiger partial charge on any atom is 0.253 e. The molecule has 0 aliphatic carbocycles. The van der Waals surface area contributed by atoms with Crippen molar-refractivity contribution < 1.29 is 9.63 Å². The Bertz CT molecular complexity index is 1020. The number of hydrogen-bond donors (Lipinski definition) is 2. The van der Waals surface area contributed by atoms with Crippen molar-refractivity contribution >= 4 is 16.8 Å². The Morgan fingerprint density at radius 2 is 1.97 bits per heavy atom. The number of unbranched alkanes of at least 4 members (excludes halogenated alkanes) is 1. The maximum absolute atomic E-state index is 12.7. The molecule has 0 fully saturated rings. The number of carbonyl (C=O) groups is 1. The molecule has 2 N–H and O–H groups in total. The summed E-state index contributed by atoms with van der Waals surface area (Å²) in [6.45, 7) is 6.15. The van der Waals surface area contributed by atoms with E-state index in [0.717, 1.165) is 60.9 Å². The molecule has 2 heterocycles. The normalized spacial score (nSPS) is 12.7. The number of hydrogen-bond acceptors (Lipinski definition) is 3. The lowest BCUT2D eigenvalue weighted by molar-refractivity contribution is 0.0471. The quantitative estimate of drug-likeness (QED) is 0.380. The molecule has 0 saturated heterocycles. The molecule has 1 aliphatic rings. The molecule has 0 unspecified atom stereocenters. The van der Waals surface area contributed by atoms with Gasteiger partial charge in [-0.05, 0) is 43.2 Å². The minimum Gasteiger partial charge on any atom is -0.352 e. The van der Waals surface area contributed by atoms with Gasteiger partial charge in [-0.2, -0.15) is 0 Å². The standard InChI is InChI=1S/C25H29N3O2/c1-19(27-30-18-20-10-3-2-4-11-20)9-5-6-15-26-25(29)23-17-28-16-8-13-21-12-7-14-22(23)24(21)28/h2-4,7,10-12,14,17,27H,1,5-6,8-9,13,15-16,18H2,(H,26,29). The highest BCUT2D eigenvalue weighted by atomic mass is 16.6. The molecule has 0 spiro atoms. The van der Waals surface area contributed by atoms with Crippen LogP contribution in [0.1, 0.15) is 47.2 Å². The Kier molecular flexibility index (Phi) is 6.50. The average molecular weight is 404 g/mol. The zero-order valence-corrected chi connectivity index (χ0v) is 17.3. The third-order valence-corrected chi connectivity index (χ3v) is 5.56. The molecule has 0 saturated carbocycles. The van der Waals surface area contributed by atoms with Crippen molar-refractivity contribution in [1.82, 2.24) is 15.4 Å². The summed E-state index contributed by atoms with van der Waals surface area (Å²) in [5.74, 6) is 0.0148. The number of amides is 1. The van der Waals surface area contributed by atoms with Gasteiger partial charge in [0.05, 0.1) is 17.7 Å². The van der Waals surface area contributed by atoms with E-state index in [0.29, 0.717) is 13.2 Å². The first-order chi connectivity index (χ1) is 14.7. The lowest BCUT2D eigenvalue weighted by atomic mass is 10.0. The van der Waals surface area contributed by atoms with E-state index in [4.69, 9.17) is 4.84 Å². The molecule has 0 atom stereocenters. The molecular weight excluding hydrogens is 374 g/mol. The zero-order valence-electron chi connectivity index (χ0n) is 17.3. The Morgan fingerprint density at radius 1 is 1.10 bits per heavy atom. The van der Waals surface area contributed by atoms with E-state index in [9.17, 15) is 4.79 Å². The fraction of sp³-hybridized carbons (Fsp3) is 0.320. The van der Waals surface area contributed by atoms with Gasteiger partial charge in [0, 0.05) is 30.4 Å². The number of aryl methyl sites for hydroxylation is 2. The molecule has 0 bridgehead atoms. The molecule has 156 valence electrons. The molecule has 3 aromatic rings. The van der Waals surface area contributed by atoms with Gasteiger partial charge in [0.15, 0.2) is 0 Å². The summed E-state index contributed by atoms with van der Waals surface area (Å²) in [5, 5.41) is 4.14. The van der Waals surface area contributed by atoms with E-state index in [1.165, 1.54) is 11.1 Å². The van der Waals surface area contributed by atoms with Crippen LogP contribution in [0, 0.1) is 0 Å². The van der Waals surface area contributed by atoms with Crippen LogP contribution in [0.2, 0.25) is 0 Å². The van der Waals surface area contributed by atoms with E-state index in [-0.39, 0.29) is 5.91 Å². The molecule has 0 radical (unpaired) electrons. The van der Waals surface area contributed by atoms with Crippen molar-refractivity contribution in [2.75, 3.05) is 6.54 Å². The van der Waals surface area contributed by atoms with Gasteiger partial charge in [0.2, 0.25) is 0 Å². The minimum absolute atomic E-state index is 0.0148. The topological polar surface area (TPSA) is 55.3 Å². The van der Waals surface area contributed by atoms with E-state index in [1.54, 1.807) is 0 Å². The Labute approximate surface area is 177 Å². The number of allylic oxidation sites excluding steroid dienone is 1. The number of hydroxylamine groups is 1. The predicted octanol–water partition coefficient (Wildman–Crippen LogP) is 4.72. The van der Waals surface area contributed by atoms with Crippen molar-refractivity contribution in [2.45, 2.75) is 45.3 Å². The van der Waals surface area contributed by atoms with E-state index >= 15 is 0 Å². The SMILES string of the molecule is C=C(CCCCNC(=O)c1cn2c3c(cccc13)CCC2)NOCc1ccccc1. The van der Waals surface area contributed by atoms with Gasteiger partial charge in [-0.15, -0.1) is 0 Å². The van der Waals surface area contributed by atoms with Gasteiger partial charge in [-0.25, -0.2) is 0 Å². The van der Waals surface area contributed by atoms with Gasteiger partial charge >= 0.3 is 0 Å². The predicted molar refractivity (Wildman–Crippen MR) is 120 cm³/mol. The summed E-state index contributed by atoms with van der Waals surface area (Å²) in [6, 6.07) is 16.3. The third kappa shape index (κ3) is 4.74. The Balaban J connectivity index is 1.17. The zero-order chi connectivity index (χ0) is 20.8. The highest BCUT2D eigenvalue weighted by Gasteiger charge is 2.19. The van der Waals surface area contributed by atoms with Crippen LogP contribution in [0.4, 0.5) is 0 Å². The van der Waals surface area contributed by atoms with E-state index < -0.39 is 0 Å². The maximum atomic E-state index is 12.7. The largest absolute Gasteiger partial charge is 0.352 e. The molecule has 4 rings (SSSR count). The van der Waals surface area contributed by atoms with Gasteiger partial charge in [-0.1, -0.05) is 55.1 Å². The number of nitrogens with zero attached hydrogens (tertiary/aromatic N) is 1. The van der Waals surface area contributed by atoms with Gasteiger partial charge in [0.25, 0.3) is 5.91 Å². The number of nitrogens with one attached hydrogen (secondary N) is 2. The highest BCUT2D eigenvalue weighted by molar-refractivity contribution is 6.07. The summed E-state index contributed by atoms with van der Waals surface area (Å²) < 4.78 is 2.23. The van der Waals surface area contributed by atoms with Crippen molar-refractivity contribution in [3.05, 3.63) is 83.7 Å². The molecule has 5 nitrogen and oxygen atoms in total. The van der Waals surface area contributed by atoms with Crippen molar-refractivity contribution in [1.29, 1.82) is 0 Å². The summed E-state index contributed by atoms with van der Waals surface area (Å²) in [5.41, 5.74) is 8.24. The van der Waals surface area contributed by atoms with Crippen LogP contribution in [0.3, 0.4) is 0 Å². The fourth-order valence-corrected chi connectivity index (χ4v) is 4.04. The minimum atomic E-state index is 0.0148. The molecule has 5 heteroatoms. The smallest absolute Gasteiger partial charge is 0.253 e. The molecule has 1 aliphatic heterocycles. The van der Waals surface area contributed by atoms with Crippen LogP contribution in [0.15, 0.2) is 67.0 Å². The van der Waals surface area contributed by atoms with E-state index in [1.807, 2.05) is 36.5 Å². The van der Waals surface area contributed by atoms with Crippen molar-refractivity contribution in [3.63, 3.8) is 0 Å². The summed E-state index contributed by atoms with van der Waals surface area (Å²) in [6.07, 6.45) is 6.89. The van der Waals surface area contributed by atoms with Crippen molar-refractivity contribution in [3.8, 4) is 0 Å². The van der Waals surface area contributed by atoms with Gasteiger partial charge in [0.1, 0.15) is 0 Å². The first-order valence-corrected chi connectivity index (χ1v) is 10.7. The Morgan fingerprint density at radius 3 is 2.83 bits per heavy atom. The lowest BCUT2D eigenvalue weighted by Gasteiger charge is -2.14. The Hall–Kier alpha value is -3.05. The number of rotatable bonds is 10. The molecule has 2 aromatic carbocycles. The monoisotopic (exact) mass is 403 g/mol. The van der Waals surface area contributed by atoms with Crippen LogP contribution in [-0.2, 0) is 24.4 Å². The molecular formula is C25H29N3O2. The van der Waals surface area contributed by atoms with E-state index in [2.05, 4.69) is 40.1 Å². The summed E-state index contributed by atoms with van der Waals surface area (Å²) in [7, 11) is 0. The van der Waals surface area contributed by atoms with Crippen molar-refractivity contribution in [2.24, 2.45) is 0 Å². The first kappa shape index (κ1) is 20.2. The lowest BCUT2D eigenvalue weighted by Crippen LogP contribution is -2.24. The molecule has 30 heavy (non-hydrogen) atoms. The summed E-state index contributed by atoms with van der Waals surface area (Å²) >= 11 is 0. The number of benzene rings is 2. The summed E-state index contributed by atoms with van der Waals surface area (Å²) in [4.78, 5) is 18.2.